The molecule has 6 rings (SSSR count). The van der Waals surface area contributed by atoms with Crippen molar-refractivity contribution >= 4 is 34.2 Å². The molecule has 0 radical (unpaired) electrons. The smallest absolute Gasteiger partial charge is 0.416 e. The zero-order valence-electron chi connectivity index (χ0n) is 25.0. The molecule has 3 N–H and O–H groups in total. The molecule has 3 aliphatic rings. The number of pyridine rings is 1. The van der Waals surface area contributed by atoms with Gasteiger partial charge in [0.15, 0.2) is 0 Å². The Morgan fingerprint density at radius 3 is 2.72 bits per heavy atom. The van der Waals surface area contributed by atoms with E-state index in [0.717, 1.165) is 35.7 Å². The van der Waals surface area contributed by atoms with Crippen molar-refractivity contribution in [1.29, 1.82) is 0 Å². The van der Waals surface area contributed by atoms with Crippen molar-refractivity contribution < 1.29 is 37.4 Å². The van der Waals surface area contributed by atoms with Crippen LogP contribution >= 0.6 is 0 Å². The molecule has 2 aromatic carbocycles. The maximum Gasteiger partial charge on any atom is 0.416 e. The van der Waals surface area contributed by atoms with Crippen molar-refractivity contribution in [2.24, 2.45) is 5.92 Å². The quantitative estimate of drug-likeness (QED) is 0.314. The summed E-state index contributed by atoms with van der Waals surface area (Å²) in [5.41, 5.74) is -2.18. The number of anilines is 1. The molecule has 3 heterocycles. The lowest BCUT2D eigenvalue weighted by Crippen LogP contribution is -2.55. The molecule has 2 fully saturated rings. The van der Waals surface area contributed by atoms with Crippen molar-refractivity contribution in [2.45, 2.75) is 74.8 Å². The molecule has 46 heavy (non-hydrogen) atoms. The number of allylic oxidation sites excluding steroid dienone is 1. The Bertz CT molecular complexity index is 1660. The van der Waals surface area contributed by atoms with Gasteiger partial charge in [-0.05, 0) is 61.4 Å². The van der Waals surface area contributed by atoms with E-state index in [1.165, 1.54) is 17.0 Å². The van der Waals surface area contributed by atoms with E-state index in [2.05, 4.69) is 15.6 Å². The molecule has 242 valence electrons. The zero-order valence-corrected chi connectivity index (χ0v) is 25.0. The van der Waals surface area contributed by atoms with E-state index in [9.17, 15) is 32.7 Å². The largest absolute Gasteiger partial charge is 0.479 e. The Hall–Kier alpha value is -4.61. The number of carbonyl (C=O) groups excluding carboxylic acids is 2. The summed E-state index contributed by atoms with van der Waals surface area (Å²) in [4.78, 5) is 46.2. The number of benzene rings is 2. The molecule has 1 aliphatic carbocycles. The number of carboxylic acids is 1. The molecule has 2 aliphatic heterocycles. The maximum absolute atomic E-state index is 14.3. The average Bonchev–Trinajstić information content (AvgIpc) is 3.56. The van der Waals surface area contributed by atoms with Crippen LogP contribution in [0.1, 0.15) is 50.5 Å². The molecule has 9 nitrogen and oxygen atoms in total. The molecule has 12 heteroatoms. The van der Waals surface area contributed by atoms with E-state index in [1.54, 1.807) is 6.20 Å². The fourth-order valence-corrected chi connectivity index (χ4v) is 6.48. The van der Waals surface area contributed by atoms with Gasteiger partial charge < -0.3 is 25.4 Å². The second kappa shape index (κ2) is 12.6. The van der Waals surface area contributed by atoms with Crippen LogP contribution in [0.2, 0.25) is 0 Å². The van der Waals surface area contributed by atoms with E-state index < -0.39 is 53.2 Å². The van der Waals surface area contributed by atoms with Gasteiger partial charge in [-0.15, -0.1) is 0 Å². The van der Waals surface area contributed by atoms with Crippen LogP contribution in [-0.4, -0.2) is 63.0 Å². The Balaban J connectivity index is 1.31. The lowest BCUT2D eigenvalue weighted by atomic mass is 10.0. The Morgan fingerprint density at radius 1 is 1.09 bits per heavy atom. The SMILES string of the molecule is O=C1N[C@]2(C(=O)O)C[C@H]2/C=C\CCCCC[C@H](Nc2cccc(C(F)(F)F)c2)C(=O)N2C[C@H](Oc3nccc4ccccc34)C[C@@H]12. The Labute approximate surface area is 263 Å². The minimum atomic E-state index is -4.56. The number of alkyl halides is 3. The summed E-state index contributed by atoms with van der Waals surface area (Å²) < 4.78 is 46.7. The Morgan fingerprint density at radius 2 is 1.91 bits per heavy atom. The van der Waals surface area contributed by atoms with Gasteiger partial charge in [-0.3, -0.25) is 9.59 Å². The van der Waals surface area contributed by atoms with Gasteiger partial charge in [0.25, 0.3) is 0 Å². The first kappa shape index (κ1) is 31.4. The number of nitrogens with zero attached hydrogens (tertiary/aromatic N) is 2. The average molecular weight is 637 g/mol. The molecule has 0 bridgehead atoms. The van der Waals surface area contributed by atoms with Gasteiger partial charge in [0, 0.05) is 29.6 Å². The van der Waals surface area contributed by atoms with Crippen molar-refractivity contribution in [1.82, 2.24) is 15.2 Å². The molecule has 1 aromatic heterocycles. The number of halogens is 3. The van der Waals surface area contributed by atoms with Gasteiger partial charge in [-0.2, -0.15) is 13.2 Å². The molecule has 1 saturated heterocycles. The van der Waals surface area contributed by atoms with Crippen LogP contribution in [0.5, 0.6) is 5.88 Å². The molecule has 5 atom stereocenters. The summed E-state index contributed by atoms with van der Waals surface area (Å²) >= 11 is 0. The first-order valence-electron chi connectivity index (χ1n) is 15.5. The highest BCUT2D eigenvalue weighted by Gasteiger charge is 2.61. The molecule has 1 saturated carbocycles. The van der Waals surface area contributed by atoms with Gasteiger partial charge in [0.05, 0.1) is 12.1 Å². The normalized spacial score (nSPS) is 27.8. The van der Waals surface area contributed by atoms with Crippen LogP contribution in [0.3, 0.4) is 0 Å². The van der Waals surface area contributed by atoms with Crippen molar-refractivity contribution in [3.05, 3.63) is 78.5 Å². The van der Waals surface area contributed by atoms with Gasteiger partial charge in [0.2, 0.25) is 17.7 Å². The summed E-state index contributed by atoms with van der Waals surface area (Å²) in [7, 11) is 0. The number of rotatable bonds is 5. The lowest BCUT2D eigenvalue weighted by molar-refractivity contribution is -0.145. The maximum atomic E-state index is 14.3. The first-order chi connectivity index (χ1) is 22.0. The third kappa shape index (κ3) is 6.52. The number of carboxylic acid groups (broad SMARTS) is 1. The minimum Gasteiger partial charge on any atom is -0.479 e. The molecule has 2 amide bonds. The van der Waals surface area contributed by atoms with E-state index in [1.807, 2.05) is 42.5 Å². The number of hydrogen-bond acceptors (Lipinski definition) is 6. The third-order valence-electron chi connectivity index (χ3n) is 9.07. The summed E-state index contributed by atoms with van der Waals surface area (Å²) in [6.07, 6.45) is 3.66. The fourth-order valence-electron chi connectivity index (χ4n) is 6.48. The molecular weight excluding hydrogens is 601 g/mol. The summed E-state index contributed by atoms with van der Waals surface area (Å²) in [5.74, 6) is -2.26. The third-order valence-corrected chi connectivity index (χ3v) is 9.07. The van der Waals surface area contributed by atoms with Crippen LogP contribution in [-0.2, 0) is 20.6 Å². The number of ether oxygens (including phenoxy) is 1. The molecule has 0 unspecified atom stereocenters. The monoisotopic (exact) mass is 636 g/mol. The summed E-state index contributed by atoms with van der Waals surface area (Å²) in [6, 6.07) is 12.0. The fraction of sp³-hybridized carbons (Fsp3) is 0.412. The van der Waals surface area contributed by atoms with Gasteiger partial charge in [-0.1, -0.05) is 49.3 Å². The van der Waals surface area contributed by atoms with Crippen LogP contribution < -0.4 is 15.4 Å². The first-order valence-corrected chi connectivity index (χ1v) is 15.5. The number of aliphatic carboxylic acids is 1. The number of carbonyl (C=O) groups is 3. The van der Waals surface area contributed by atoms with E-state index >= 15 is 0 Å². The summed E-state index contributed by atoms with van der Waals surface area (Å²) in [6.45, 7) is 0.00595. The second-order valence-electron chi connectivity index (χ2n) is 12.2. The van der Waals surface area contributed by atoms with Crippen LogP contribution in [0.15, 0.2) is 72.9 Å². The highest BCUT2D eigenvalue weighted by atomic mass is 19.4. The number of fused-ring (bicyclic) bond motifs is 3. The minimum absolute atomic E-state index is 0.00595. The molecular formula is C34H35F3N4O5. The highest BCUT2D eigenvalue weighted by Crippen LogP contribution is 2.45. The van der Waals surface area contributed by atoms with Crippen molar-refractivity contribution in [3.63, 3.8) is 0 Å². The van der Waals surface area contributed by atoms with Crippen LogP contribution in [0.25, 0.3) is 10.8 Å². The predicted octanol–water partition coefficient (Wildman–Crippen LogP) is 5.56. The predicted molar refractivity (Wildman–Crippen MR) is 164 cm³/mol. The second-order valence-corrected chi connectivity index (χ2v) is 12.2. The van der Waals surface area contributed by atoms with Crippen molar-refractivity contribution in [2.75, 3.05) is 11.9 Å². The van der Waals surface area contributed by atoms with Crippen molar-refractivity contribution in [3.8, 4) is 5.88 Å². The number of nitrogens with one attached hydrogen (secondary N) is 2. The summed E-state index contributed by atoms with van der Waals surface area (Å²) in [5, 5.41) is 17.5. The van der Waals surface area contributed by atoms with Crippen LogP contribution in [0, 0.1) is 5.92 Å². The van der Waals surface area contributed by atoms with Gasteiger partial charge >= 0.3 is 12.1 Å². The highest BCUT2D eigenvalue weighted by molar-refractivity contribution is 5.96. The topological polar surface area (TPSA) is 121 Å². The van der Waals surface area contributed by atoms with E-state index in [0.29, 0.717) is 25.1 Å². The Kier molecular flexibility index (Phi) is 8.63. The molecule has 0 spiro atoms. The number of hydrogen-bond donors (Lipinski definition) is 3. The van der Waals surface area contributed by atoms with Crippen LogP contribution in [0.4, 0.5) is 18.9 Å². The lowest BCUT2D eigenvalue weighted by Gasteiger charge is -2.30. The standard InChI is InChI=1S/C34H35F3N4O5/c35-34(36,37)22-11-8-12-24(17-22)39-27-14-5-3-1-2-4-10-23-19-33(23,32(44)45)40-29(42)28-18-25(20-41(28)31(27)43)46-30-26-13-7-6-9-21(26)15-16-38-30/h4,6-13,15-17,23,25,27-28,39H,1-3,5,14,18-20H2,(H,40,42)(H,44,45)/b10-4-/t23-,25-,27+,28+,33-/m1/s1. The van der Waals surface area contributed by atoms with E-state index in [-0.39, 0.29) is 31.0 Å². The van der Waals surface area contributed by atoms with E-state index in [4.69, 9.17) is 4.74 Å². The molecule has 3 aromatic rings. The zero-order chi connectivity index (χ0) is 32.5. The van der Waals surface area contributed by atoms with Gasteiger partial charge in [0.1, 0.15) is 23.7 Å². The number of amides is 2. The number of aromatic nitrogens is 1. The van der Waals surface area contributed by atoms with Gasteiger partial charge in [-0.25, -0.2) is 9.78 Å².